The van der Waals surface area contributed by atoms with E-state index in [4.69, 9.17) is 11.6 Å². The normalized spacial score (nSPS) is 14.4. The third-order valence-electron chi connectivity index (χ3n) is 6.03. The third kappa shape index (κ3) is 5.42. The fraction of sp³-hybridized carbons (Fsp3) is 0.259. The van der Waals surface area contributed by atoms with Crippen LogP contribution >= 0.6 is 11.6 Å². The lowest BCUT2D eigenvalue weighted by molar-refractivity contribution is -0.124. The van der Waals surface area contributed by atoms with Crippen molar-refractivity contribution in [1.82, 2.24) is 4.90 Å². The zero-order valence-electron chi connectivity index (χ0n) is 17.5. The number of carbonyl (C=O) groups excluding carboxylic acids is 2. The first kappa shape index (κ1) is 21.3. The fourth-order valence-corrected chi connectivity index (χ4v) is 4.40. The molecular formula is C27H26ClNO2. The fourth-order valence-electron chi connectivity index (χ4n) is 4.19. The van der Waals surface area contributed by atoms with Gasteiger partial charge in [-0.1, -0.05) is 66.2 Å². The summed E-state index contributed by atoms with van der Waals surface area (Å²) in [5.41, 5.74) is 4.03. The molecule has 0 aromatic heterocycles. The standard InChI is InChI=1S/C27H26ClNO2/c28-25-8-4-5-20(19-25)9-14-26(30)23-15-17-29(18-16-23)27(31)24-12-10-22(11-13-24)21-6-2-1-3-7-21/h1-8,10-13,19,23H,9,14-18H2. The zero-order valence-corrected chi connectivity index (χ0v) is 18.2. The summed E-state index contributed by atoms with van der Waals surface area (Å²) in [6.07, 6.45) is 2.72. The highest BCUT2D eigenvalue weighted by atomic mass is 35.5. The van der Waals surface area contributed by atoms with Gasteiger partial charge >= 0.3 is 0 Å². The van der Waals surface area contributed by atoms with Crippen LogP contribution in [0.5, 0.6) is 0 Å². The number of hydrogen-bond donors (Lipinski definition) is 0. The molecule has 0 N–H and O–H groups in total. The molecule has 1 saturated heterocycles. The summed E-state index contributed by atoms with van der Waals surface area (Å²) in [7, 11) is 0. The van der Waals surface area contributed by atoms with Crippen LogP contribution in [-0.2, 0) is 11.2 Å². The molecular weight excluding hydrogens is 406 g/mol. The van der Waals surface area contributed by atoms with E-state index < -0.39 is 0 Å². The summed E-state index contributed by atoms with van der Waals surface area (Å²) < 4.78 is 0. The maximum absolute atomic E-state index is 12.9. The molecule has 3 aromatic carbocycles. The van der Waals surface area contributed by atoms with E-state index in [1.54, 1.807) is 0 Å². The first-order valence-electron chi connectivity index (χ1n) is 10.8. The lowest BCUT2D eigenvalue weighted by Crippen LogP contribution is -2.40. The van der Waals surface area contributed by atoms with Gasteiger partial charge in [0.15, 0.2) is 0 Å². The molecule has 0 radical (unpaired) electrons. The van der Waals surface area contributed by atoms with Crippen LogP contribution in [0.4, 0.5) is 0 Å². The van der Waals surface area contributed by atoms with Crippen LogP contribution in [0, 0.1) is 5.92 Å². The Labute approximate surface area is 188 Å². The van der Waals surface area contributed by atoms with E-state index in [0.717, 1.165) is 29.5 Å². The maximum atomic E-state index is 12.9. The van der Waals surface area contributed by atoms with Gasteiger partial charge < -0.3 is 4.90 Å². The second-order valence-electron chi connectivity index (χ2n) is 8.11. The number of Topliss-reactive ketones (excluding diaryl/α,β-unsaturated/α-hetero) is 1. The Morgan fingerprint density at radius 3 is 2.19 bits per heavy atom. The van der Waals surface area contributed by atoms with Crippen molar-refractivity contribution in [3.05, 3.63) is 95.0 Å². The Balaban J connectivity index is 1.29. The van der Waals surface area contributed by atoms with Gasteiger partial charge in [0.1, 0.15) is 5.78 Å². The van der Waals surface area contributed by atoms with Crippen molar-refractivity contribution >= 4 is 23.3 Å². The summed E-state index contributed by atoms with van der Waals surface area (Å²) in [4.78, 5) is 27.4. The number of ketones is 1. The van der Waals surface area contributed by atoms with Crippen molar-refractivity contribution in [2.75, 3.05) is 13.1 Å². The summed E-state index contributed by atoms with van der Waals surface area (Å²) in [5, 5.41) is 0.702. The topological polar surface area (TPSA) is 37.4 Å². The van der Waals surface area contributed by atoms with E-state index in [0.29, 0.717) is 42.3 Å². The van der Waals surface area contributed by atoms with Crippen LogP contribution in [0.1, 0.15) is 35.2 Å². The van der Waals surface area contributed by atoms with Crippen LogP contribution in [0.25, 0.3) is 11.1 Å². The molecule has 31 heavy (non-hydrogen) atoms. The minimum absolute atomic E-state index is 0.0451. The lowest BCUT2D eigenvalue weighted by atomic mass is 9.89. The van der Waals surface area contributed by atoms with Crippen molar-refractivity contribution in [3.63, 3.8) is 0 Å². The van der Waals surface area contributed by atoms with Crippen molar-refractivity contribution in [2.24, 2.45) is 5.92 Å². The molecule has 4 heteroatoms. The van der Waals surface area contributed by atoms with Gasteiger partial charge in [-0.05, 0) is 60.2 Å². The predicted molar refractivity (Wildman–Crippen MR) is 125 cm³/mol. The van der Waals surface area contributed by atoms with Crippen LogP contribution < -0.4 is 0 Å². The van der Waals surface area contributed by atoms with E-state index in [1.165, 1.54) is 0 Å². The van der Waals surface area contributed by atoms with Crippen LogP contribution in [-0.4, -0.2) is 29.7 Å². The second-order valence-corrected chi connectivity index (χ2v) is 8.54. The zero-order chi connectivity index (χ0) is 21.6. The van der Waals surface area contributed by atoms with Gasteiger partial charge in [-0.25, -0.2) is 0 Å². The van der Waals surface area contributed by atoms with E-state index >= 15 is 0 Å². The van der Waals surface area contributed by atoms with Crippen molar-refractivity contribution in [1.29, 1.82) is 0 Å². The first-order chi connectivity index (χ1) is 15.1. The monoisotopic (exact) mass is 431 g/mol. The van der Waals surface area contributed by atoms with Gasteiger partial charge in [-0.2, -0.15) is 0 Å². The molecule has 1 aliphatic rings. The number of benzene rings is 3. The maximum Gasteiger partial charge on any atom is 0.253 e. The summed E-state index contributed by atoms with van der Waals surface area (Å²) >= 11 is 6.02. The molecule has 1 heterocycles. The molecule has 0 atom stereocenters. The van der Waals surface area contributed by atoms with Crippen LogP contribution in [0.2, 0.25) is 5.02 Å². The van der Waals surface area contributed by atoms with Gasteiger partial charge in [0.05, 0.1) is 0 Å². The molecule has 158 valence electrons. The largest absolute Gasteiger partial charge is 0.339 e. The number of likely N-dealkylation sites (tertiary alicyclic amines) is 1. The predicted octanol–water partition coefficient (Wildman–Crippen LogP) is 6.06. The van der Waals surface area contributed by atoms with Gasteiger partial charge in [0.25, 0.3) is 5.91 Å². The van der Waals surface area contributed by atoms with Crippen molar-refractivity contribution in [3.8, 4) is 11.1 Å². The quantitative estimate of drug-likeness (QED) is 0.475. The van der Waals surface area contributed by atoms with Crippen LogP contribution in [0.3, 0.4) is 0 Å². The Bertz CT molecular complexity index is 1040. The number of carbonyl (C=O) groups is 2. The Kier molecular flexibility index (Phi) is 6.83. The van der Waals surface area contributed by atoms with Gasteiger partial charge in [0, 0.05) is 36.0 Å². The van der Waals surface area contributed by atoms with Crippen molar-refractivity contribution in [2.45, 2.75) is 25.7 Å². The molecule has 0 aliphatic carbocycles. The van der Waals surface area contributed by atoms with Gasteiger partial charge in [-0.15, -0.1) is 0 Å². The van der Waals surface area contributed by atoms with E-state index in [-0.39, 0.29) is 11.8 Å². The molecule has 1 aliphatic heterocycles. The average molecular weight is 432 g/mol. The molecule has 3 aromatic rings. The Morgan fingerprint density at radius 2 is 1.52 bits per heavy atom. The summed E-state index contributed by atoms with van der Waals surface area (Å²) in [5.74, 6) is 0.382. The number of piperidine rings is 1. The van der Waals surface area contributed by atoms with Crippen LogP contribution in [0.15, 0.2) is 78.9 Å². The molecule has 0 bridgehead atoms. The molecule has 0 unspecified atom stereocenters. The Hall–Kier alpha value is -2.91. The highest BCUT2D eigenvalue weighted by Gasteiger charge is 2.27. The summed E-state index contributed by atoms with van der Waals surface area (Å²) in [6, 6.07) is 25.6. The highest BCUT2D eigenvalue weighted by Crippen LogP contribution is 2.24. The third-order valence-corrected chi connectivity index (χ3v) is 6.26. The number of nitrogens with zero attached hydrogens (tertiary/aromatic N) is 1. The van der Waals surface area contributed by atoms with Gasteiger partial charge in [-0.3, -0.25) is 9.59 Å². The molecule has 3 nitrogen and oxygen atoms in total. The minimum Gasteiger partial charge on any atom is -0.339 e. The summed E-state index contributed by atoms with van der Waals surface area (Å²) in [6.45, 7) is 1.26. The molecule has 4 rings (SSSR count). The second kappa shape index (κ2) is 9.93. The molecule has 1 amide bonds. The highest BCUT2D eigenvalue weighted by molar-refractivity contribution is 6.30. The van der Waals surface area contributed by atoms with E-state index in [2.05, 4.69) is 12.1 Å². The molecule has 0 saturated carbocycles. The van der Waals surface area contributed by atoms with Gasteiger partial charge in [0.2, 0.25) is 0 Å². The number of amides is 1. The Morgan fingerprint density at radius 1 is 0.839 bits per heavy atom. The first-order valence-corrected chi connectivity index (χ1v) is 11.2. The molecule has 1 fully saturated rings. The number of halogens is 1. The number of aryl methyl sites for hydroxylation is 1. The number of hydrogen-bond acceptors (Lipinski definition) is 2. The minimum atomic E-state index is 0.0451. The average Bonchev–Trinajstić information content (AvgIpc) is 2.83. The van der Waals surface area contributed by atoms with Crippen molar-refractivity contribution < 1.29 is 9.59 Å². The number of rotatable bonds is 6. The van der Waals surface area contributed by atoms with E-state index in [9.17, 15) is 9.59 Å². The van der Waals surface area contributed by atoms with E-state index in [1.807, 2.05) is 71.6 Å². The SMILES string of the molecule is O=C(CCc1cccc(Cl)c1)C1CCN(C(=O)c2ccc(-c3ccccc3)cc2)CC1. The smallest absolute Gasteiger partial charge is 0.253 e. The molecule has 0 spiro atoms. The lowest BCUT2D eigenvalue weighted by Gasteiger charge is -2.31.